The van der Waals surface area contributed by atoms with Crippen molar-refractivity contribution in [3.8, 4) is 11.5 Å². The Hall–Kier alpha value is -1.94. The summed E-state index contributed by atoms with van der Waals surface area (Å²) in [5.74, 6) is 0.336. The molecule has 0 spiro atoms. The van der Waals surface area contributed by atoms with Crippen LogP contribution in [0.2, 0.25) is 0 Å². The summed E-state index contributed by atoms with van der Waals surface area (Å²) in [4.78, 5) is 4.15. The lowest BCUT2D eigenvalue weighted by molar-refractivity contribution is 0.438. The van der Waals surface area contributed by atoms with E-state index in [2.05, 4.69) is 4.98 Å². The molecule has 0 saturated heterocycles. The first-order valence-corrected chi connectivity index (χ1v) is 5.72. The van der Waals surface area contributed by atoms with Crippen molar-refractivity contribution < 1.29 is 9.13 Å². The highest BCUT2D eigenvalue weighted by Gasteiger charge is 2.07. The summed E-state index contributed by atoms with van der Waals surface area (Å²) in [5.41, 5.74) is 7.02. The molecule has 0 fully saturated rings. The largest absolute Gasteiger partial charge is 0.453 e. The predicted molar refractivity (Wildman–Crippen MR) is 68.1 cm³/mol. The molecule has 3 nitrogen and oxygen atoms in total. The second-order valence-electron chi connectivity index (χ2n) is 4.20. The Kier molecular flexibility index (Phi) is 3.58. The van der Waals surface area contributed by atoms with E-state index in [1.165, 1.54) is 0 Å². The third-order valence-electron chi connectivity index (χ3n) is 2.61. The topological polar surface area (TPSA) is 48.1 Å². The van der Waals surface area contributed by atoms with Crippen LogP contribution in [0, 0.1) is 12.7 Å². The number of pyridine rings is 1. The number of ether oxygens (including phenoxy) is 1. The Labute approximate surface area is 105 Å². The van der Waals surface area contributed by atoms with Gasteiger partial charge in [0.1, 0.15) is 5.75 Å². The average molecular weight is 246 g/mol. The molecule has 1 unspecified atom stereocenters. The zero-order valence-corrected chi connectivity index (χ0v) is 10.4. The van der Waals surface area contributed by atoms with Crippen molar-refractivity contribution in [1.82, 2.24) is 4.98 Å². The number of nitrogens with zero attached hydrogens (tertiary/aromatic N) is 1. The van der Waals surface area contributed by atoms with E-state index in [1.54, 1.807) is 43.5 Å². The normalized spacial score (nSPS) is 12.2. The first kappa shape index (κ1) is 12.5. The molecule has 1 aromatic carbocycles. The molecule has 1 aromatic heterocycles. The van der Waals surface area contributed by atoms with Gasteiger partial charge < -0.3 is 10.5 Å². The fraction of sp³-hybridized carbons (Fsp3) is 0.214. The van der Waals surface area contributed by atoms with Crippen molar-refractivity contribution in [2.75, 3.05) is 0 Å². The molecule has 1 atom stereocenters. The molecule has 0 aliphatic rings. The van der Waals surface area contributed by atoms with Crippen molar-refractivity contribution in [3.05, 3.63) is 53.6 Å². The number of aromatic nitrogens is 1. The molecule has 0 bridgehead atoms. The lowest BCUT2D eigenvalue weighted by Crippen LogP contribution is -2.06. The van der Waals surface area contributed by atoms with Gasteiger partial charge in [0, 0.05) is 6.04 Å². The van der Waals surface area contributed by atoms with Crippen molar-refractivity contribution in [1.29, 1.82) is 0 Å². The van der Waals surface area contributed by atoms with E-state index >= 15 is 0 Å². The first-order chi connectivity index (χ1) is 8.58. The van der Waals surface area contributed by atoms with Gasteiger partial charge in [0.05, 0.1) is 11.9 Å². The molecule has 0 aliphatic heterocycles. The van der Waals surface area contributed by atoms with Crippen LogP contribution in [0.5, 0.6) is 11.5 Å². The maximum atomic E-state index is 13.7. The molecule has 94 valence electrons. The number of benzene rings is 1. The Morgan fingerprint density at radius 3 is 2.67 bits per heavy atom. The standard InChI is InChI=1S/C14H15FN2O/c1-9-4-3-5-13(14(9)15)18-11-6-7-12(10(2)16)17-8-11/h3-8,10H,16H2,1-2H3. The summed E-state index contributed by atoms with van der Waals surface area (Å²) in [7, 11) is 0. The number of nitrogens with two attached hydrogens (primary N) is 1. The monoisotopic (exact) mass is 246 g/mol. The summed E-state index contributed by atoms with van der Waals surface area (Å²) >= 11 is 0. The van der Waals surface area contributed by atoms with E-state index in [9.17, 15) is 4.39 Å². The molecule has 0 aliphatic carbocycles. The minimum atomic E-state index is -0.353. The van der Waals surface area contributed by atoms with Gasteiger partial charge in [-0.15, -0.1) is 0 Å². The fourth-order valence-corrected chi connectivity index (χ4v) is 1.55. The van der Waals surface area contributed by atoms with Gasteiger partial charge in [-0.25, -0.2) is 4.39 Å². The molecule has 18 heavy (non-hydrogen) atoms. The highest BCUT2D eigenvalue weighted by atomic mass is 19.1. The van der Waals surface area contributed by atoms with Crippen LogP contribution < -0.4 is 10.5 Å². The van der Waals surface area contributed by atoms with E-state index in [4.69, 9.17) is 10.5 Å². The zero-order chi connectivity index (χ0) is 13.1. The van der Waals surface area contributed by atoms with Gasteiger partial charge >= 0.3 is 0 Å². The van der Waals surface area contributed by atoms with Crippen LogP contribution in [0.4, 0.5) is 4.39 Å². The van der Waals surface area contributed by atoms with E-state index in [-0.39, 0.29) is 17.6 Å². The molecule has 2 rings (SSSR count). The quantitative estimate of drug-likeness (QED) is 0.903. The summed E-state index contributed by atoms with van der Waals surface area (Å²) in [6.07, 6.45) is 1.54. The average Bonchev–Trinajstić information content (AvgIpc) is 2.36. The summed E-state index contributed by atoms with van der Waals surface area (Å²) in [6, 6.07) is 8.40. The third kappa shape index (κ3) is 2.65. The zero-order valence-electron chi connectivity index (χ0n) is 10.4. The van der Waals surface area contributed by atoms with Gasteiger partial charge in [0.2, 0.25) is 0 Å². The Bertz CT molecular complexity index is 538. The van der Waals surface area contributed by atoms with Gasteiger partial charge in [-0.1, -0.05) is 12.1 Å². The van der Waals surface area contributed by atoms with Gasteiger partial charge in [0.25, 0.3) is 0 Å². The molecule has 1 heterocycles. The number of aryl methyl sites for hydroxylation is 1. The second-order valence-corrected chi connectivity index (χ2v) is 4.20. The predicted octanol–water partition coefficient (Wildman–Crippen LogP) is 3.34. The lowest BCUT2D eigenvalue weighted by atomic mass is 10.2. The molecule has 0 radical (unpaired) electrons. The SMILES string of the molecule is Cc1cccc(Oc2ccc(C(C)N)nc2)c1F. The summed E-state index contributed by atoms with van der Waals surface area (Å²) in [6.45, 7) is 3.54. The summed E-state index contributed by atoms with van der Waals surface area (Å²) in [5, 5.41) is 0. The van der Waals surface area contributed by atoms with Gasteiger partial charge in [0.15, 0.2) is 11.6 Å². The Morgan fingerprint density at radius 1 is 1.28 bits per heavy atom. The first-order valence-electron chi connectivity index (χ1n) is 5.72. The number of halogens is 1. The second kappa shape index (κ2) is 5.14. The van der Waals surface area contributed by atoms with Crippen LogP contribution in [0.25, 0.3) is 0 Å². The van der Waals surface area contributed by atoms with Gasteiger partial charge in [-0.2, -0.15) is 0 Å². The maximum absolute atomic E-state index is 13.7. The van der Waals surface area contributed by atoms with Gasteiger partial charge in [-0.05, 0) is 37.6 Å². The van der Waals surface area contributed by atoms with Crippen molar-refractivity contribution in [2.45, 2.75) is 19.9 Å². The van der Waals surface area contributed by atoms with Crippen LogP contribution in [0.1, 0.15) is 24.2 Å². The highest BCUT2D eigenvalue weighted by Crippen LogP contribution is 2.25. The number of rotatable bonds is 3. The van der Waals surface area contributed by atoms with E-state index in [0.29, 0.717) is 11.3 Å². The van der Waals surface area contributed by atoms with Crippen LogP contribution in [0.3, 0.4) is 0 Å². The summed E-state index contributed by atoms with van der Waals surface area (Å²) < 4.78 is 19.2. The van der Waals surface area contributed by atoms with Crippen molar-refractivity contribution in [2.24, 2.45) is 5.73 Å². The smallest absolute Gasteiger partial charge is 0.168 e. The highest BCUT2D eigenvalue weighted by molar-refractivity contribution is 5.34. The molecule has 4 heteroatoms. The Balaban J connectivity index is 2.21. The van der Waals surface area contributed by atoms with Gasteiger partial charge in [-0.3, -0.25) is 4.98 Å². The minimum Gasteiger partial charge on any atom is -0.453 e. The van der Waals surface area contributed by atoms with Crippen LogP contribution in [-0.4, -0.2) is 4.98 Å². The van der Waals surface area contributed by atoms with Crippen molar-refractivity contribution >= 4 is 0 Å². The molecular weight excluding hydrogens is 231 g/mol. The third-order valence-corrected chi connectivity index (χ3v) is 2.61. The fourth-order valence-electron chi connectivity index (χ4n) is 1.55. The maximum Gasteiger partial charge on any atom is 0.168 e. The number of hydrogen-bond donors (Lipinski definition) is 1. The van der Waals surface area contributed by atoms with E-state index in [1.807, 2.05) is 6.92 Å². The van der Waals surface area contributed by atoms with Crippen LogP contribution >= 0.6 is 0 Å². The molecule has 2 N–H and O–H groups in total. The Morgan fingerprint density at radius 2 is 2.06 bits per heavy atom. The van der Waals surface area contributed by atoms with Crippen LogP contribution in [-0.2, 0) is 0 Å². The number of hydrogen-bond acceptors (Lipinski definition) is 3. The van der Waals surface area contributed by atoms with E-state index in [0.717, 1.165) is 5.69 Å². The lowest BCUT2D eigenvalue weighted by Gasteiger charge is -2.09. The molecule has 0 saturated carbocycles. The molecule has 2 aromatic rings. The molecule has 0 amide bonds. The van der Waals surface area contributed by atoms with Crippen molar-refractivity contribution in [3.63, 3.8) is 0 Å². The minimum absolute atomic E-state index is 0.130. The molecular formula is C14H15FN2O. The van der Waals surface area contributed by atoms with Crippen LogP contribution in [0.15, 0.2) is 36.5 Å². The van der Waals surface area contributed by atoms with E-state index < -0.39 is 0 Å².